The van der Waals surface area contributed by atoms with Crippen LogP contribution in [0.4, 0.5) is 15.9 Å². The second-order valence-corrected chi connectivity index (χ2v) is 5.63. The SMILES string of the molecule is OCc1cccc(-c2ccc3ncc(Nc4cccc(F)c4)n3n2)c1. The molecule has 0 aliphatic heterocycles. The first-order valence-electron chi connectivity index (χ1n) is 7.80. The Balaban J connectivity index is 1.74. The summed E-state index contributed by atoms with van der Waals surface area (Å²) in [6.07, 6.45) is 1.65. The third kappa shape index (κ3) is 3.07. The molecule has 0 aliphatic carbocycles. The zero-order valence-corrected chi connectivity index (χ0v) is 13.2. The minimum absolute atomic E-state index is 0.0203. The van der Waals surface area contributed by atoms with Gasteiger partial charge < -0.3 is 10.4 Å². The van der Waals surface area contributed by atoms with Crippen molar-refractivity contribution in [2.75, 3.05) is 5.32 Å². The molecule has 124 valence electrons. The van der Waals surface area contributed by atoms with Crippen molar-refractivity contribution in [1.29, 1.82) is 0 Å². The van der Waals surface area contributed by atoms with E-state index in [-0.39, 0.29) is 12.4 Å². The summed E-state index contributed by atoms with van der Waals surface area (Å²) in [6.45, 7) is -0.0203. The number of hydrogen-bond acceptors (Lipinski definition) is 4. The topological polar surface area (TPSA) is 62.5 Å². The van der Waals surface area contributed by atoms with E-state index in [1.165, 1.54) is 12.1 Å². The normalized spacial score (nSPS) is 11.0. The van der Waals surface area contributed by atoms with Gasteiger partial charge in [-0.05, 0) is 42.0 Å². The van der Waals surface area contributed by atoms with Gasteiger partial charge in [0.05, 0.1) is 18.5 Å². The lowest BCUT2D eigenvalue weighted by molar-refractivity contribution is 0.282. The van der Waals surface area contributed by atoms with E-state index in [4.69, 9.17) is 0 Å². The van der Waals surface area contributed by atoms with E-state index in [1.54, 1.807) is 22.8 Å². The Hall–Kier alpha value is -3.25. The molecule has 4 aromatic rings. The third-order valence-electron chi connectivity index (χ3n) is 3.86. The molecule has 2 N–H and O–H groups in total. The molecule has 0 bridgehead atoms. The summed E-state index contributed by atoms with van der Waals surface area (Å²) in [5.41, 5.74) is 3.78. The van der Waals surface area contributed by atoms with Crippen LogP contribution in [0.3, 0.4) is 0 Å². The number of halogens is 1. The number of nitrogens with zero attached hydrogens (tertiary/aromatic N) is 3. The first-order valence-corrected chi connectivity index (χ1v) is 7.80. The molecule has 0 aliphatic rings. The van der Waals surface area contributed by atoms with Crippen LogP contribution >= 0.6 is 0 Å². The quantitative estimate of drug-likeness (QED) is 0.596. The molecule has 4 rings (SSSR count). The van der Waals surface area contributed by atoms with Crippen molar-refractivity contribution < 1.29 is 9.50 Å². The second-order valence-electron chi connectivity index (χ2n) is 5.63. The van der Waals surface area contributed by atoms with Crippen molar-refractivity contribution in [2.24, 2.45) is 0 Å². The first-order chi connectivity index (χ1) is 12.2. The van der Waals surface area contributed by atoms with Gasteiger partial charge in [-0.1, -0.05) is 24.3 Å². The summed E-state index contributed by atoms with van der Waals surface area (Å²) in [5.74, 6) is 0.328. The number of hydrogen-bond donors (Lipinski definition) is 2. The predicted molar refractivity (Wildman–Crippen MR) is 94.0 cm³/mol. The molecule has 5 nitrogen and oxygen atoms in total. The van der Waals surface area contributed by atoms with Gasteiger partial charge in [0.25, 0.3) is 0 Å². The lowest BCUT2D eigenvalue weighted by Crippen LogP contribution is -2.00. The van der Waals surface area contributed by atoms with E-state index in [0.29, 0.717) is 17.2 Å². The zero-order chi connectivity index (χ0) is 17.2. The van der Waals surface area contributed by atoms with E-state index in [0.717, 1.165) is 16.8 Å². The molecule has 2 aromatic carbocycles. The van der Waals surface area contributed by atoms with E-state index in [2.05, 4.69) is 15.4 Å². The number of aliphatic hydroxyl groups is 1. The van der Waals surface area contributed by atoms with Crippen LogP contribution in [-0.2, 0) is 6.61 Å². The summed E-state index contributed by atoms with van der Waals surface area (Å²) < 4.78 is 15.0. The molecule has 0 atom stereocenters. The van der Waals surface area contributed by atoms with Gasteiger partial charge in [0, 0.05) is 11.3 Å². The van der Waals surface area contributed by atoms with Gasteiger partial charge in [0.15, 0.2) is 11.5 Å². The fourth-order valence-electron chi connectivity index (χ4n) is 2.66. The highest BCUT2D eigenvalue weighted by atomic mass is 19.1. The summed E-state index contributed by atoms with van der Waals surface area (Å²) >= 11 is 0. The van der Waals surface area contributed by atoms with E-state index >= 15 is 0 Å². The van der Waals surface area contributed by atoms with Crippen molar-refractivity contribution >= 4 is 17.2 Å². The van der Waals surface area contributed by atoms with Crippen molar-refractivity contribution in [2.45, 2.75) is 6.61 Å². The Morgan fingerprint density at radius 1 is 1.04 bits per heavy atom. The summed E-state index contributed by atoms with van der Waals surface area (Å²) in [5, 5.41) is 17.0. The molecule has 0 fully saturated rings. The van der Waals surface area contributed by atoms with E-state index < -0.39 is 0 Å². The monoisotopic (exact) mass is 334 g/mol. The molecular weight excluding hydrogens is 319 g/mol. The third-order valence-corrected chi connectivity index (χ3v) is 3.86. The van der Waals surface area contributed by atoms with Gasteiger partial charge in [-0.3, -0.25) is 0 Å². The van der Waals surface area contributed by atoms with Crippen molar-refractivity contribution in [3.8, 4) is 11.3 Å². The van der Waals surface area contributed by atoms with Crippen LogP contribution in [-0.4, -0.2) is 19.7 Å². The smallest absolute Gasteiger partial charge is 0.155 e. The summed E-state index contributed by atoms with van der Waals surface area (Å²) in [6, 6.07) is 17.5. The van der Waals surface area contributed by atoms with Crippen LogP contribution < -0.4 is 5.32 Å². The Labute approximate surface area is 143 Å². The largest absolute Gasteiger partial charge is 0.392 e. The standard InChI is InChI=1S/C19H15FN4O/c20-15-5-2-6-16(10-15)22-19-11-21-18-8-7-17(23-24(18)19)14-4-1-3-13(9-14)12-25/h1-11,22,25H,12H2. The van der Waals surface area contributed by atoms with E-state index in [1.807, 2.05) is 36.4 Å². The molecule has 0 saturated heterocycles. The number of anilines is 2. The van der Waals surface area contributed by atoms with Crippen molar-refractivity contribution in [3.63, 3.8) is 0 Å². The predicted octanol–water partition coefficient (Wildman–Crippen LogP) is 3.77. The van der Waals surface area contributed by atoms with Crippen LogP contribution in [0.1, 0.15) is 5.56 Å². The van der Waals surface area contributed by atoms with Gasteiger partial charge in [0.2, 0.25) is 0 Å². The number of aromatic nitrogens is 3. The van der Waals surface area contributed by atoms with E-state index in [9.17, 15) is 9.50 Å². The maximum Gasteiger partial charge on any atom is 0.155 e. The van der Waals surface area contributed by atoms with Gasteiger partial charge in [-0.15, -0.1) is 0 Å². The minimum Gasteiger partial charge on any atom is -0.392 e. The average molecular weight is 334 g/mol. The average Bonchev–Trinajstić information content (AvgIpc) is 3.04. The number of nitrogens with one attached hydrogen (secondary N) is 1. The molecule has 2 heterocycles. The lowest BCUT2D eigenvalue weighted by atomic mass is 10.1. The number of rotatable bonds is 4. The molecule has 0 saturated carbocycles. The fraction of sp³-hybridized carbons (Fsp3) is 0.0526. The lowest BCUT2D eigenvalue weighted by Gasteiger charge is -2.07. The van der Waals surface area contributed by atoms with Crippen molar-refractivity contribution in [3.05, 3.63) is 78.2 Å². The highest BCUT2D eigenvalue weighted by molar-refractivity contribution is 5.64. The maximum atomic E-state index is 13.4. The Kier molecular flexibility index (Phi) is 3.87. The van der Waals surface area contributed by atoms with Crippen molar-refractivity contribution in [1.82, 2.24) is 14.6 Å². The first kappa shape index (κ1) is 15.3. The second kappa shape index (κ2) is 6.33. The molecule has 2 aromatic heterocycles. The Morgan fingerprint density at radius 2 is 1.92 bits per heavy atom. The Bertz CT molecular complexity index is 1040. The van der Waals surface area contributed by atoms with Crippen LogP contribution in [0.2, 0.25) is 0 Å². The van der Waals surface area contributed by atoms with Crippen LogP contribution in [0, 0.1) is 5.82 Å². The molecule has 25 heavy (non-hydrogen) atoms. The van der Waals surface area contributed by atoms with Crippen LogP contribution in [0.5, 0.6) is 0 Å². The number of aliphatic hydroxyl groups excluding tert-OH is 1. The molecule has 0 amide bonds. The minimum atomic E-state index is -0.312. The number of benzene rings is 2. The molecule has 0 unspecified atom stereocenters. The van der Waals surface area contributed by atoms with Gasteiger partial charge in [0.1, 0.15) is 5.82 Å². The highest BCUT2D eigenvalue weighted by Crippen LogP contribution is 2.22. The van der Waals surface area contributed by atoms with Gasteiger partial charge >= 0.3 is 0 Å². The van der Waals surface area contributed by atoms with Gasteiger partial charge in [-0.25, -0.2) is 9.37 Å². The maximum absolute atomic E-state index is 13.4. The fourth-order valence-corrected chi connectivity index (χ4v) is 2.66. The van der Waals surface area contributed by atoms with Crippen LogP contribution in [0.15, 0.2) is 66.9 Å². The summed E-state index contributed by atoms with van der Waals surface area (Å²) in [4.78, 5) is 4.31. The number of fused-ring (bicyclic) bond motifs is 1. The van der Waals surface area contributed by atoms with Crippen LogP contribution in [0.25, 0.3) is 16.9 Å². The molecule has 0 spiro atoms. The highest BCUT2D eigenvalue weighted by Gasteiger charge is 2.08. The molecule has 6 heteroatoms. The molecule has 0 radical (unpaired) electrons. The van der Waals surface area contributed by atoms with Gasteiger partial charge in [-0.2, -0.15) is 9.61 Å². The number of imidazole rings is 1. The summed E-state index contributed by atoms with van der Waals surface area (Å²) in [7, 11) is 0. The zero-order valence-electron chi connectivity index (χ0n) is 13.2. The Morgan fingerprint density at radius 3 is 2.76 bits per heavy atom. The molecular formula is C19H15FN4O.